The predicted octanol–water partition coefficient (Wildman–Crippen LogP) is 1.75. The molecule has 0 saturated heterocycles. The van der Waals surface area contributed by atoms with E-state index < -0.39 is 5.54 Å². The Bertz CT molecular complexity index is 656. The number of nitrogens with one attached hydrogen (secondary N) is 1. The number of carbonyl (C=O) groups excluding carboxylic acids is 1. The molecule has 0 radical (unpaired) electrons. The Hall–Kier alpha value is -2.73. The Morgan fingerprint density at radius 2 is 2.14 bits per heavy atom. The fraction of sp³-hybridized carbons (Fsp3) is 0.438. The average Bonchev–Trinajstić information content (AvgIpc) is 3.37. The summed E-state index contributed by atoms with van der Waals surface area (Å²) in [5.41, 5.74) is -0.394. The molecule has 1 N–H and O–H groups in total. The minimum atomic E-state index is -0.838. The molecule has 0 aromatic heterocycles. The van der Waals surface area contributed by atoms with Gasteiger partial charge in [-0.15, -0.1) is 0 Å². The first-order chi connectivity index (χ1) is 10.5. The molecule has 6 heteroatoms. The quantitative estimate of drug-likeness (QED) is 0.863. The molecule has 22 heavy (non-hydrogen) atoms. The smallest absolute Gasteiger partial charge is 0.259 e. The number of nitrogens with zero attached hydrogens (tertiary/aromatic N) is 2. The van der Waals surface area contributed by atoms with Crippen molar-refractivity contribution in [3.05, 3.63) is 23.8 Å². The summed E-state index contributed by atoms with van der Waals surface area (Å²) < 4.78 is 10.6. The van der Waals surface area contributed by atoms with Gasteiger partial charge in [-0.3, -0.25) is 4.79 Å². The fourth-order valence-corrected chi connectivity index (χ4v) is 2.21. The van der Waals surface area contributed by atoms with Crippen molar-refractivity contribution in [1.82, 2.24) is 5.32 Å². The highest BCUT2D eigenvalue weighted by molar-refractivity contribution is 5.79. The zero-order valence-corrected chi connectivity index (χ0v) is 12.5. The highest BCUT2D eigenvalue weighted by Crippen LogP contribution is 2.39. The van der Waals surface area contributed by atoms with Crippen LogP contribution < -0.4 is 14.8 Å². The van der Waals surface area contributed by atoms with Gasteiger partial charge in [0.05, 0.1) is 24.8 Å². The number of benzene rings is 1. The van der Waals surface area contributed by atoms with E-state index in [1.54, 1.807) is 19.1 Å². The lowest BCUT2D eigenvalue weighted by atomic mass is 9.98. The number of nitriles is 2. The van der Waals surface area contributed by atoms with E-state index in [2.05, 4.69) is 11.4 Å². The molecule has 0 heterocycles. The highest BCUT2D eigenvalue weighted by Gasteiger charge is 2.43. The largest absolute Gasteiger partial charge is 0.493 e. The van der Waals surface area contributed by atoms with Crippen LogP contribution in [0.1, 0.15) is 25.3 Å². The van der Waals surface area contributed by atoms with Gasteiger partial charge in [-0.25, -0.2) is 0 Å². The second kappa shape index (κ2) is 6.36. The Balaban J connectivity index is 1.97. The van der Waals surface area contributed by atoms with Crippen LogP contribution in [0.3, 0.4) is 0 Å². The van der Waals surface area contributed by atoms with E-state index in [9.17, 15) is 10.1 Å². The van der Waals surface area contributed by atoms with Crippen LogP contribution in [0.5, 0.6) is 11.5 Å². The number of hydrogen-bond donors (Lipinski definition) is 1. The molecule has 0 unspecified atom stereocenters. The van der Waals surface area contributed by atoms with E-state index in [1.165, 1.54) is 13.2 Å². The van der Waals surface area contributed by atoms with Crippen molar-refractivity contribution in [3.8, 4) is 23.6 Å². The summed E-state index contributed by atoms with van der Waals surface area (Å²) in [6.07, 6.45) is 1.91. The van der Waals surface area contributed by atoms with Crippen molar-refractivity contribution in [2.75, 3.05) is 13.7 Å². The van der Waals surface area contributed by atoms with Crippen LogP contribution in [-0.2, 0) is 4.79 Å². The third kappa shape index (κ3) is 3.48. The maximum absolute atomic E-state index is 12.0. The molecule has 1 amide bonds. The summed E-state index contributed by atoms with van der Waals surface area (Å²) in [4.78, 5) is 12.0. The summed E-state index contributed by atoms with van der Waals surface area (Å²) in [6.45, 7) is 1.51. The second-order valence-corrected chi connectivity index (χ2v) is 5.40. The minimum Gasteiger partial charge on any atom is -0.493 e. The van der Waals surface area contributed by atoms with Gasteiger partial charge in [0.15, 0.2) is 18.1 Å². The molecule has 0 spiro atoms. The van der Waals surface area contributed by atoms with Crippen LogP contribution >= 0.6 is 0 Å². The van der Waals surface area contributed by atoms with Crippen LogP contribution in [-0.4, -0.2) is 25.2 Å². The van der Waals surface area contributed by atoms with Crippen molar-refractivity contribution in [1.29, 1.82) is 10.5 Å². The molecule has 1 saturated carbocycles. The number of hydrogen-bond acceptors (Lipinski definition) is 5. The molecular weight excluding hydrogens is 282 g/mol. The van der Waals surface area contributed by atoms with Gasteiger partial charge in [0, 0.05) is 6.07 Å². The Morgan fingerprint density at radius 3 is 2.68 bits per heavy atom. The van der Waals surface area contributed by atoms with E-state index >= 15 is 0 Å². The molecule has 1 aromatic carbocycles. The first-order valence-corrected chi connectivity index (χ1v) is 6.95. The number of carbonyl (C=O) groups is 1. The molecular formula is C16H17N3O3. The number of ether oxygens (including phenoxy) is 2. The van der Waals surface area contributed by atoms with Crippen molar-refractivity contribution in [3.63, 3.8) is 0 Å². The lowest BCUT2D eigenvalue weighted by Crippen LogP contribution is -2.48. The summed E-state index contributed by atoms with van der Waals surface area (Å²) in [5, 5.41) is 20.8. The van der Waals surface area contributed by atoms with Gasteiger partial charge in [0.25, 0.3) is 5.91 Å². The van der Waals surface area contributed by atoms with Crippen LogP contribution in [0.4, 0.5) is 0 Å². The van der Waals surface area contributed by atoms with E-state index in [4.69, 9.17) is 14.7 Å². The second-order valence-electron chi connectivity index (χ2n) is 5.40. The normalized spacial score (nSPS) is 15.8. The predicted molar refractivity (Wildman–Crippen MR) is 78.1 cm³/mol. The van der Waals surface area contributed by atoms with Crippen LogP contribution in [0.25, 0.3) is 0 Å². The summed E-state index contributed by atoms with van der Waals surface area (Å²) in [7, 11) is 1.46. The van der Waals surface area contributed by atoms with Gasteiger partial charge in [0.1, 0.15) is 5.54 Å². The first kappa shape index (κ1) is 15.7. The molecule has 2 rings (SSSR count). The topological polar surface area (TPSA) is 95.1 Å². The molecule has 1 aliphatic carbocycles. The zero-order chi connectivity index (χ0) is 16.2. The van der Waals surface area contributed by atoms with Crippen molar-refractivity contribution >= 4 is 5.91 Å². The van der Waals surface area contributed by atoms with Crippen LogP contribution in [0, 0.1) is 28.6 Å². The third-order valence-electron chi connectivity index (χ3n) is 3.68. The lowest BCUT2D eigenvalue weighted by molar-refractivity contribution is -0.124. The van der Waals surface area contributed by atoms with Crippen LogP contribution in [0.15, 0.2) is 18.2 Å². The number of methoxy groups -OCH3 is 1. The maximum atomic E-state index is 12.0. The molecule has 1 aliphatic rings. The van der Waals surface area contributed by atoms with E-state index in [-0.39, 0.29) is 18.4 Å². The van der Waals surface area contributed by atoms with Gasteiger partial charge in [-0.1, -0.05) is 0 Å². The van der Waals surface area contributed by atoms with Crippen molar-refractivity contribution in [2.24, 2.45) is 5.92 Å². The summed E-state index contributed by atoms with van der Waals surface area (Å²) in [5.74, 6) is 0.618. The first-order valence-electron chi connectivity index (χ1n) is 6.95. The van der Waals surface area contributed by atoms with E-state index in [0.29, 0.717) is 17.1 Å². The number of rotatable bonds is 6. The summed E-state index contributed by atoms with van der Waals surface area (Å²) in [6, 6.07) is 8.86. The monoisotopic (exact) mass is 299 g/mol. The molecule has 114 valence electrons. The fourth-order valence-electron chi connectivity index (χ4n) is 2.21. The summed E-state index contributed by atoms with van der Waals surface area (Å²) >= 11 is 0. The molecule has 0 bridgehead atoms. The molecule has 1 aromatic rings. The third-order valence-corrected chi connectivity index (χ3v) is 3.68. The van der Waals surface area contributed by atoms with Gasteiger partial charge >= 0.3 is 0 Å². The average molecular weight is 299 g/mol. The van der Waals surface area contributed by atoms with E-state index in [1.807, 2.05) is 6.07 Å². The SMILES string of the molecule is COc1cc(C#N)ccc1OCC(=O)N[C@](C)(C#N)C1CC1. The van der Waals surface area contributed by atoms with Gasteiger partial charge < -0.3 is 14.8 Å². The zero-order valence-electron chi connectivity index (χ0n) is 12.5. The molecule has 1 atom stereocenters. The standard InChI is InChI=1S/C16H17N3O3/c1-16(10-18,12-4-5-12)19-15(20)9-22-13-6-3-11(8-17)7-14(13)21-2/h3,6-7,12H,4-5,9H2,1-2H3,(H,19,20)/t16-/m1/s1. The molecule has 1 fully saturated rings. The van der Waals surface area contributed by atoms with Crippen LogP contribution in [0.2, 0.25) is 0 Å². The van der Waals surface area contributed by atoms with Crippen molar-refractivity contribution < 1.29 is 14.3 Å². The van der Waals surface area contributed by atoms with Gasteiger partial charge in [-0.2, -0.15) is 10.5 Å². The number of amides is 1. The van der Waals surface area contributed by atoms with Gasteiger partial charge in [0.2, 0.25) is 0 Å². The lowest BCUT2D eigenvalue weighted by Gasteiger charge is -2.22. The molecule has 0 aliphatic heterocycles. The van der Waals surface area contributed by atoms with E-state index in [0.717, 1.165) is 12.8 Å². The minimum absolute atomic E-state index is 0.214. The molecule has 6 nitrogen and oxygen atoms in total. The Labute approximate surface area is 129 Å². The Kier molecular flexibility index (Phi) is 4.53. The Morgan fingerprint density at radius 1 is 1.41 bits per heavy atom. The van der Waals surface area contributed by atoms with Crippen molar-refractivity contribution in [2.45, 2.75) is 25.3 Å². The highest BCUT2D eigenvalue weighted by atomic mass is 16.5. The maximum Gasteiger partial charge on any atom is 0.259 e. The van der Waals surface area contributed by atoms with Gasteiger partial charge in [-0.05, 0) is 37.8 Å².